The molecular weight excluding hydrogens is 284 g/mol. The monoisotopic (exact) mass is 290 g/mol. The molecule has 0 spiro atoms. The third-order valence-electron chi connectivity index (χ3n) is 1.78. The number of nitrogens with two attached hydrogens (primary N) is 1. The average molecular weight is 291 g/mol. The zero-order chi connectivity index (χ0) is 10.3. The van der Waals surface area contributed by atoms with E-state index in [9.17, 15) is 0 Å². The van der Waals surface area contributed by atoms with Crippen molar-refractivity contribution < 1.29 is 0 Å². The Morgan fingerprint density at radius 2 is 2.43 bits per heavy atom. The number of halogens is 1. The van der Waals surface area contributed by atoms with Crippen LogP contribution in [0.4, 0.5) is 0 Å². The maximum absolute atomic E-state index is 5.70. The Morgan fingerprint density at radius 3 is 2.86 bits per heavy atom. The molecule has 0 saturated heterocycles. The number of aromatic nitrogens is 3. The minimum atomic E-state index is 0.419. The lowest BCUT2D eigenvalue weighted by atomic mass is 10.3. The van der Waals surface area contributed by atoms with Gasteiger partial charge in [-0.25, -0.2) is 9.77 Å². The van der Waals surface area contributed by atoms with Crippen molar-refractivity contribution >= 4 is 39.5 Å². The molecule has 2 rings (SSSR count). The van der Waals surface area contributed by atoms with E-state index in [1.54, 1.807) is 11.3 Å². The summed E-state index contributed by atoms with van der Waals surface area (Å²) in [5.41, 5.74) is 1.17. The number of rotatable bonds is 1. The number of nitrogens with zero attached hydrogens (tertiary/aromatic N) is 2. The second kappa shape index (κ2) is 3.48. The average Bonchev–Trinajstić information content (AvgIpc) is 2.61. The van der Waals surface area contributed by atoms with E-state index in [-0.39, 0.29) is 0 Å². The molecule has 0 aliphatic rings. The van der Waals surface area contributed by atoms with Gasteiger partial charge in [0, 0.05) is 0 Å². The normalized spacial score (nSPS) is 10.7. The van der Waals surface area contributed by atoms with Crippen LogP contribution in [0.3, 0.4) is 0 Å². The highest BCUT2D eigenvalue weighted by atomic mass is 79.9. The number of nitrogen functional groups attached to an aromatic ring is 1. The van der Waals surface area contributed by atoms with Gasteiger partial charge in [-0.3, -0.25) is 0 Å². The van der Waals surface area contributed by atoms with Gasteiger partial charge >= 0.3 is 0 Å². The molecule has 0 amide bonds. The topological polar surface area (TPSA) is 59.6 Å². The molecule has 2 aromatic heterocycles. The molecule has 2 aromatic rings. The number of hydrogen-bond donors (Lipinski definition) is 2. The molecule has 2 heterocycles. The van der Waals surface area contributed by atoms with Crippen LogP contribution in [-0.4, -0.2) is 14.9 Å². The van der Waals surface area contributed by atoms with Crippen molar-refractivity contribution in [3.63, 3.8) is 0 Å². The van der Waals surface area contributed by atoms with Gasteiger partial charge in [0.1, 0.15) is 0 Å². The molecule has 0 saturated carbocycles. The molecule has 0 aromatic carbocycles. The smallest absolute Gasteiger partial charge is 0.214 e. The predicted octanol–water partition coefficient (Wildman–Crippen LogP) is 2.45. The first kappa shape index (κ1) is 9.88. The highest BCUT2D eigenvalue weighted by Crippen LogP contribution is 2.33. The summed E-state index contributed by atoms with van der Waals surface area (Å²) < 4.78 is 2.87. The van der Waals surface area contributed by atoms with Gasteiger partial charge in [0.05, 0.1) is 8.66 Å². The van der Waals surface area contributed by atoms with Crippen molar-refractivity contribution in [1.82, 2.24) is 14.9 Å². The van der Waals surface area contributed by atoms with Gasteiger partial charge < -0.3 is 5.84 Å². The lowest BCUT2D eigenvalue weighted by molar-refractivity contribution is 0.986. The van der Waals surface area contributed by atoms with Crippen molar-refractivity contribution in [2.45, 2.75) is 6.92 Å². The van der Waals surface area contributed by atoms with E-state index in [1.807, 2.05) is 13.0 Å². The summed E-state index contributed by atoms with van der Waals surface area (Å²) in [5.74, 6) is 6.36. The van der Waals surface area contributed by atoms with Crippen LogP contribution in [0, 0.1) is 11.7 Å². The van der Waals surface area contributed by atoms with Crippen molar-refractivity contribution in [3.05, 3.63) is 20.2 Å². The summed E-state index contributed by atoms with van der Waals surface area (Å²) in [6.07, 6.45) is 0. The fourth-order valence-corrected chi connectivity index (χ4v) is 2.70. The van der Waals surface area contributed by atoms with Gasteiger partial charge in [0.2, 0.25) is 4.77 Å². The Morgan fingerprint density at radius 1 is 1.71 bits per heavy atom. The van der Waals surface area contributed by atoms with Gasteiger partial charge in [0.15, 0.2) is 5.82 Å². The van der Waals surface area contributed by atoms with Gasteiger partial charge in [-0.15, -0.1) is 11.3 Å². The van der Waals surface area contributed by atoms with Crippen molar-refractivity contribution in [1.29, 1.82) is 0 Å². The fourth-order valence-electron chi connectivity index (χ4n) is 1.05. The Balaban J connectivity index is 2.60. The minimum absolute atomic E-state index is 0.419. The molecule has 74 valence electrons. The van der Waals surface area contributed by atoms with E-state index < -0.39 is 0 Å². The van der Waals surface area contributed by atoms with Gasteiger partial charge in [-0.2, -0.15) is 5.10 Å². The van der Waals surface area contributed by atoms with E-state index >= 15 is 0 Å². The SMILES string of the molecule is Cc1cc(-c2n[nH]c(=S)n2N)sc1Br. The molecule has 0 aliphatic carbocycles. The van der Waals surface area contributed by atoms with E-state index in [0.717, 1.165) is 8.66 Å². The first-order chi connectivity index (χ1) is 6.59. The molecule has 0 aliphatic heterocycles. The molecule has 0 bridgehead atoms. The van der Waals surface area contributed by atoms with E-state index in [0.29, 0.717) is 10.6 Å². The Hall–Kier alpha value is -0.660. The number of aromatic amines is 1. The molecule has 0 unspecified atom stereocenters. The van der Waals surface area contributed by atoms with Gasteiger partial charge in [-0.05, 0) is 46.7 Å². The summed E-state index contributed by atoms with van der Waals surface area (Å²) in [7, 11) is 0. The van der Waals surface area contributed by atoms with Gasteiger partial charge in [0.25, 0.3) is 0 Å². The first-order valence-corrected chi connectivity index (χ1v) is 5.80. The lowest BCUT2D eigenvalue weighted by Gasteiger charge is -1.94. The Labute approximate surface area is 97.9 Å². The zero-order valence-electron chi connectivity index (χ0n) is 7.24. The van der Waals surface area contributed by atoms with Crippen LogP contribution in [-0.2, 0) is 0 Å². The molecule has 0 fully saturated rings. The number of aryl methyl sites for hydroxylation is 1. The summed E-state index contributed by atoms with van der Waals surface area (Å²) in [6.45, 7) is 2.02. The van der Waals surface area contributed by atoms with Crippen LogP contribution < -0.4 is 5.84 Å². The van der Waals surface area contributed by atoms with E-state index in [2.05, 4.69) is 26.1 Å². The minimum Gasteiger partial charge on any atom is -0.335 e. The number of nitrogens with one attached hydrogen (secondary N) is 1. The second-order valence-electron chi connectivity index (χ2n) is 2.79. The van der Waals surface area contributed by atoms with Crippen LogP contribution in [0.1, 0.15) is 5.56 Å². The summed E-state index contributed by atoms with van der Waals surface area (Å²) in [6, 6.07) is 2.02. The molecule has 14 heavy (non-hydrogen) atoms. The third-order valence-corrected chi connectivity index (χ3v) is 4.20. The Bertz CT molecular complexity index is 505. The van der Waals surface area contributed by atoms with Crippen molar-refractivity contribution in [3.8, 4) is 10.7 Å². The standard InChI is InChI=1S/C7H7BrN4S2/c1-3-2-4(14-5(3)8)6-10-11-7(13)12(6)9/h2H,9H2,1H3,(H,11,13). The van der Waals surface area contributed by atoms with Crippen LogP contribution in [0.15, 0.2) is 9.85 Å². The maximum atomic E-state index is 5.70. The quantitative estimate of drug-likeness (QED) is 0.627. The van der Waals surface area contributed by atoms with E-state index in [1.165, 1.54) is 10.2 Å². The highest BCUT2D eigenvalue weighted by molar-refractivity contribution is 9.11. The molecule has 3 N–H and O–H groups in total. The lowest BCUT2D eigenvalue weighted by Crippen LogP contribution is -2.09. The largest absolute Gasteiger partial charge is 0.335 e. The highest BCUT2D eigenvalue weighted by Gasteiger charge is 2.10. The molecule has 4 nitrogen and oxygen atoms in total. The summed E-state index contributed by atoms with van der Waals surface area (Å²) >= 11 is 9.96. The van der Waals surface area contributed by atoms with Crippen LogP contribution in [0.2, 0.25) is 0 Å². The zero-order valence-corrected chi connectivity index (χ0v) is 10.5. The summed E-state index contributed by atoms with van der Waals surface area (Å²) in [4.78, 5) is 0.990. The second-order valence-corrected chi connectivity index (χ2v) is 5.55. The van der Waals surface area contributed by atoms with Crippen molar-refractivity contribution in [2.75, 3.05) is 5.84 Å². The molecule has 7 heteroatoms. The number of H-pyrrole nitrogens is 1. The predicted molar refractivity (Wildman–Crippen MR) is 63.3 cm³/mol. The number of thiophene rings is 1. The number of hydrogen-bond acceptors (Lipinski definition) is 4. The molecular formula is C7H7BrN4S2. The van der Waals surface area contributed by atoms with E-state index in [4.69, 9.17) is 18.1 Å². The maximum Gasteiger partial charge on any atom is 0.214 e. The third kappa shape index (κ3) is 1.51. The first-order valence-electron chi connectivity index (χ1n) is 3.78. The summed E-state index contributed by atoms with van der Waals surface area (Å²) in [5, 5.41) is 6.70. The van der Waals surface area contributed by atoms with Crippen LogP contribution in [0.25, 0.3) is 10.7 Å². The Kier molecular flexibility index (Phi) is 2.46. The fraction of sp³-hybridized carbons (Fsp3) is 0.143. The molecule has 0 atom stereocenters. The van der Waals surface area contributed by atoms with Crippen LogP contribution >= 0.6 is 39.5 Å². The van der Waals surface area contributed by atoms with Crippen LogP contribution in [0.5, 0.6) is 0 Å². The molecule has 0 radical (unpaired) electrons. The van der Waals surface area contributed by atoms with Gasteiger partial charge in [-0.1, -0.05) is 0 Å². The van der Waals surface area contributed by atoms with Crippen molar-refractivity contribution in [2.24, 2.45) is 0 Å².